The van der Waals surface area contributed by atoms with E-state index in [4.69, 9.17) is 4.74 Å². The molecule has 21 heavy (non-hydrogen) atoms. The molecule has 0 aliphatic heterocycles. The second-order valence-corrected chi connectivity index (χ2v) is 4.92. The van der Waals surface area contributed by atoms with Crippen molar-refractivity contribution < 1.29 is 4.74 Å². The summed E-state index contributed by atoms with van der Waals surface area (Å²) >= 11 is 0. The lowest BCUT2D eigenvalue weighted by molar-refractivity contribution is 0.395. The second-order valence-electron chi connectivity index (χ2n) is 4.92. The number of hydrogen-bond acceptors (Lipinski definition) is 4. The van der Waals surface area contributed by atoms with E-state index in [1.54, 1.807) is 13.4 Å². The summed E-state index contributed by atoms with van der Waals surface area (Å²) in [5.41, 5.74) is 3.71. The minimum absolute atomic E-state index is 0.255. The van der Waals surface area contributed by atoms with Crippen molar-refractivity contribution in [1.82, 2.24) is 15.3 Å². The number of aryl methyl sites for hydroxylation is 1. The normalized spacial score (nSPS) is 12.1. The molecule has 0 radical (unpaired) electrons. The number of rotatable bonds is 7. The predicted molar refractivity (Wildman–Crippen MR) is 84.5 cm³/mol. The van der Waals surface area contributed by atoms with Crippen LogP contribution in [0, 0.1) is 0 Å². The highest BCUT2D eigenvalue weighted by molar-refractivity contribution is 5.31. The van der Waals surface area contributed by atoms with Crippen molar-refractivity contribution in [2.75, 3.05) is 13.7 Å². The molecule has 4 nitrogen and oxygen atoms in total. The Kier molecular flexibility index (Phi) is 5.69. The highest BCUT2D eigenvalue weighted by atomic mass is 16.5. The van der Waals surface area contributed by atoms with Gasteiger partial charge in [0.1, 0.15) is 6.33 Å². The molecular formula is C17H23N3O. The number of hydrogen-bond donors (Lipinski definition) is 1. The molecule has 1 N–H and O–H groups in total. The van der Waals surface area contributed by atoms with Gasteiger partial charge in [-0.25, -0.2) is 9.97 Å². The summed E-state index contributed by atoms with van der Waals surface area (Å²) in [5.74, 6) is 0.610. The van der Waals surface area contributed by atoms with Gasteiger partial charge in [-0.05, 0) is 24.1 Å². The summed E-state index contributed by atoms with van der Waals surface area (Å²) in [6.45, 7) is 5.24. The van der Waals surface area contributed by atoms with E-state index in [2.05, 4.69) is 53.4 Å². The molecule has 0 aliphatic rings. The van der Waals surface area contributed by atoms with E-state index in [0.717, 1.165) is 25.1 Å². The third kappa shape index (κ3) is 4.02. The summed E-state index contributed by atoms with van der Waals surface area (Å²) in [6, 6.07) is 10.7. The minimum Gasteiger partial charge on any atom is -0.481 e. The van der Waals surface area contributed by atoms with Crippen LogP contribution in [-0.4, -0.2) is 23.6 Å². The molecule has 112 valence electrons. The zero-order valence-corrected chi connectivity index (χ0v) is 13.0. The number of nitrogens with one attached hydrogen (secondary N) is 1. The van der Waals surface area contributed by atoms with Crippen LogP contribution >= 0.6 is 0 Å². The predicted octanol–water partition coefficient (Wildman–Crippen LogP) is 2.94. The van der Waals surface area contributed by atoms with Crippen LogP contribution in [-0.2, 0) is 12.8 Å². The Morgan fingerprint density at radius 1 is 1.19 bits per heavy atom. The Morgan fingerprint density at radius 2 is 2.00 bits per heavy atom. The first-order valence-corrected chi connectivity index (χ1v) is 7.44. The summed E-state index contributed by atoms with van der Waals surface area (Å²) in [6.07, 6.45) is 3.41. The van der Waals surface area contributed by atoms with E-state index >= 15 is 0 Å². The maximum absolute atomic E-state index is 5.18. The van der Waals surface area contributed by atoms with Crippen LogP contribution in [0.4, 0.5) is 0 Å². The van der Waals surface area contributed by atoms with Gasteiger partial charge < -0.3 is 10.1 Å². The molecule has 2 aromatic rings. The number of nitrogens with zero attached hydrogens (tertiary/aromatic N) is 2. The summed E-state index contributed by atoms with van der Waals surface area (Å²) in [4.78, 5) is 8.42. The number of ether oxygens (including phenoxy) is 1. The fourth-order valence-corrected chi connectivity index (χ4v) is 2.54. The van der Waals surface area contributed by atoms with Crippen molar-refractivity contribution in [2.24, 2.45) is 0 Å². The van der Waals surface area contributed by atoms with Gasteiger partial charge >= 0.3 is 0 Å². The third-order valence-corrected chi connectivity index (χ3v) is 3.58. The Morgan fingerprint density at radius 3 is 2.71 bits per heavy atom. The van der Waals surface area contributed by atoms with Gasteiger partial charge in [-0.2, -0.15) is 0 Å². The van der Waals surface area contributed by atoms with Gasteiger partial charge in [-0.3, -0.25) is 0 Å². The van der Waals surface area contributed by atoms with E-state index < -0.39 is 0 Å². The molecule has 0 spiro atoms. The monoisotopic (exact) mass is 285 g/mol. The van der Waals surface area contributed by atoms with Crippen LogP contribution in [0.25, 0.3) is 0 Å². The zero-order valence-electron chi connectivity index (χ0n) is 13.0. The molecule has 0 fully saturated rings. The molecule has 1 heterocycles. The molecule has 0 bridgehead atoms. The van der Waals surface area contributed by atoms with Crippen LogP contribution in [0.1, 0.15) is 36.7 Å². The number of aromatic nitrogens is 2. The molecular weight excluding hydrogens is 262 g/mol. The Hall–Kier alpha value is -1.94. The van der Waals surface area contributed by atoms with Crippen molar-refractivity contribution in [3.05, 3.63) is 53.5 Å². The Bertz CT molecular complexity index is 571. The van der Waals surface area contributed by atoms with Crippen LogP contribution < -0.4 is 10.1 Å². The molecule has 4 heteroatoms. The van der Waals surface area contributed by atoms with Gasteiger partial charge in [0.2, 0.25) is 5.88 Å². The second kappa shape index (κ2) is 7.74. The molecule has 0 aliphatic carbocycles. The van der Waals surface area contributed by atoms with Crippen molar-refractivity contribution in [3.63, 3.8) is 0 Å². The molecule has 1 aromatic carbocycles. The molecule has 0 saturated carbocycles. The fraction of sp³-hybridized carbons (Fsp3) is 0.412. The molecule has 1 atom stereocenters. The average molecular weight is 285 g/mol. The standard InChI is InChI=1S/C17H23N3O/c1-4-13-8-6-7-9-15(13)16(18-5-2)10-14-11-17(21-3)20-12-19-14/h6-9,11-12,16,18H,4-5,10H2,1-3H3. The summed E-state index contributed by atoms with van der Waals surface area (Å²) < 4.78 is 5.18. The minimum atomic E-state index is 0.255. The number of likely N-dealkylation sites (N-methyl/N-ethyl adjacent to an activating group) is 1. The fourth-order valence-electron chi connectivity index (χ4n) is 2.54. The van der Waals surface area contributed by atoms with Crippen LogP contribution in [0.3, 0.4) is 0 Å². The van der Waals surface area contributed by atoms with E-state index in [1.165, 1.54) is 11.1 Å². The molecule has 0 amide bonds. The highest BCUT2D eigenvalue weighted by Gasteiger charge is 2.15. The quantitative estimate of drug-likeness (QED) is 0.849. The van der Waals surface area contributed by atoms with Crippen LogP contribution in [0.2, 0.25) is 0 Å². The van der Waals surface area contributed by atoms with Crippen molar-refractivity contribution in [1.29, 1.82) is 0 Å². The molecule has 1 aromatic heterocycles. The number of benzene rings is 1. The van der Waals surface area contributed by atoms with Crippen molar-refractivity contribution in [2.45, 2.75) is 32.7 Å². The lowest BCUT2D eigenvalue weighted by atomic mass is 9.95. The van der Waals surface area contributed by atoms with Gasteiger partial charge in [-0.1, -0.05) is 38.1 Å². The SMILES string of the molecule is CCNC(Cc1cc(OC)ncn1)c1ccccc1CC. The Balaban J connectivity index is 2.26. The van der Waals surface area contributed by atoms with Crippen molar-refractivity contribution >= 4 is 0 Å². The highest BCUT2D eigenvalue weighted by Crippen LogP contribution is 2.22. The Labute approximate surface area is 126 Å². The third-order valence-electron chi connectivity index (χ3n) is 3.58. The lowest BCUT2D eigenvalue weighted by Gasteiger charge is -2.21. The first-order valence-electron chi connectivity index (χ1n) is 7.44. The smallest absolute Gasteiger partial charge is 0.216 e. The van der Waals surface area contributed by atoms with Crippen molar-refractivity contribution in [3.8, 4) is 5.88 Å². The average Bonchev–Trinajstić information content (AvgIpc) is 2.54. The maximum Gasteiger partial charge on any atom is 0.216 e. The van der Waals surface area contributed by atoms with Gasteiger partial charge in [0, 0.05) is 24.2 Å². The topological polar surface area (TPSA) is 47.0 Å². The zero-order chi connectivity index (χ0) is 15.1. The van der Waals surface area contributed by atoms with Gasteiger partial charge in [-0.15, -0.1) is 0 Å². The van der Waals surface area contributed by atoms with Crippen LogP contribution in [0.5, 0.6) is 5.88 Å². The van der Waals surface area contributed by atoms with Gasteiger partial charge in [0.05, 0.1) is 7.11 Å². The van der Waals surface area contributed by atoms with E-state index in [-0.39, 0.29) is 6.04 Å². The first kappa shape index (κ1) is 15.4. The van der Waals surface area contributed by atoms with E-state index in [1.807, 2.05) is 6.07 Å². The van der Waals surface area contributed by atoms with E-state index in [9.17, 15) is 0 Å². The van der Waals surface area contributed by atoms with Crippen LogP contribution in [0.15, 0.2) is 36.7 Å². The maximum atomic E-state index is 5.18. The largest absolute Gasteiger partial charge is 0.481 e. The molecule has 0 saturated heterocycles. The summed E-state index contributed by atoms with van der Waals surface area (Å²) in [5, 5.41) is 3.56. The first-order chi connectivity index (χ1) is 10.3. The lowest BCUT2D eigenvalue weighted by Crippen LogP contribution is -2.24. The molecule has 2 rings (SSSR count). The summed E-state index contributed by atoms with van der Waals surface area (Å²) in [7, 11) is 1.63. The van der Waals surface area contributed by atoms with Gasteiger partial charge in [0.25, 0.3) is 0 Å². The molecule has 1 unspecified atom stereocenters. The number of methoxy groups -OCH3 is 1. The van der Waals surface area contributed by atoms with Gasteiger partial charge in [0.15, 0.2) is 0 Å². The van der Waals surface area contributed by atoms with E-state index in [0.29, 0.717) is 5.88 Å².